The number of hydrogen-bond donors (Lipinski definition) is 1. The van der Waals surface area contributed by atoms with Crippen LogP contribution in [0.2, 0.25) is 5.02 Å². The van der Waals surface area contributed by atoms with Crippen molar-refractivity contribution in [3.8, 4) is 0 Å². The average molecular weight is 338 g/mol. The van der Waals surface area contributed by atoms with Crippen LogP contribution in [0.1, 0.15) is 6.42 Å². The van der Waals surface area contributed by atoms with Gasteiger partial charge in [0.15, 0.2) is 0 Å². The number of ether oxygens (including phenoxy) is 2. The first-order valence-electron chi connectivity index (χ1n) is 6.32. The summed E-state index contributed by atoms with van der Waals surface area (Å²) in [6, 6.07) is 1.30. The van der Waals surface area contributed by atoms with Gasteiger partial charge in [-0.25, -0.2) is 13.4 Å². The second-order valence-electron chi connectivity index (χ2n) is 4.28. The summed E-state index contributed by atoms with van der Waals surface area (Å²) >= 11 is 5.84. The maximum absolute atomic E-state index is 12.6. The summed E-state index contributed by atoms with van der Waals surface area (Å²) in [6.07, 6.45) is 1.78. The number of rotatable bonds is 9. The number of halogens is 1. The van der Waals surface area contributed by atoms with Crippen LogP contribution >= 0.6 is 11.6 Å². The molecule has 0 atom stereocenters. The molecule has 1 aromatic rings. The summed E-state index contributed by atoms with van der Waals surface area (Å²) in [4.78, 5) is 3.80. The van der Waals surface area contributed by atoms with Crippen LogP contribution in [0.5, 0.6) is 0 Å². The van der Waals surface area contributed by atoms with Crippen LogP contribution in [-0.4, -0.2) is 58.2 Å². The summed E-state index contributed by atoms with van der Waals surface area (Å²) in [6.45, 7) is 1.33. The normalized spacial score (nSPS) is 12.0. The smallest absolute Gasteiger partial charge is 0.244 e. The number of aromatic nitrogens is 1. The zero-order chi connectivity index (χ0) is 15.9. The molecule has 1 heterocycles. The topological polar surface area (TPSA) is 94.8 Å². The number of nitrogens with zero attached hydrogens (tertiary/aromatic N) is 2. The molecule has 0 unspecified atom stereocenters. The number of hydrogen-bond acceptors (Lipinski definition) is 6. The molecule has 21 heavy (non-hydrogen) atoms. The quantitative estimate of drug-likeness (QED) is 0.675. The first kappa shape index (κ1) is 18.1. The van der Waals surface area contributed by atoms with E-state index in [9.17, 15) is 8.42 Å². The van der Waals surface area contributed by atoms with Crippen molar-refractivity contribution in [2.75, 3.05) is 46.3 Å². The summed E-state index contributed by atoms with van der Waals surface area (Å²) in [7, 11) is -0.615. The standard InChI is InChI=1S/C12H20ClN3O4S/c1-19-6-3-4-16(5-7-20-2)21(17,18)10-8-11(13)12(14)15-9-10/h8-9H,3-7H2,1-2H3,(H2,14,15). The largest absolute Gasteiger partial charge is 0.385 e. The minimum absolute atomic E-state index is 0.00946. The first-order valence-corrected chi connectivity index (χ1v) is 8.14. The van der Waals surface area contributed by atoms with E-state index in [0.717, 1.165) is 0 Å². The highest BCUT2D eigenvalue weighted by Gasteiger charge is 2.25. The van der Waals surface area contributed by atoms with Gasteiger partial charge < -0.3 is 15.2 Å². The predicted molar refractivity (Wildman–Crippen MR) is 80.8 cm³/mol. The Balaban J connectivity index is 2.98. The van der Waals surface area contributed by atoms with Gasteiger partial charge in [-0.05, 0) is 12.5 Å². The van der Waals surface area contributed by atoms with Crippen LogP contribution in [-0.2, 0) is 19.5 Å². The number of nitrogens with two attached hydrogens (primary N) is 1. The van der Waals surface area contributed by atoms with Crippen LogP contribution in [0.15, 0.2) is 17.2 Å². The number of pyridine rings is 1. The van der Waals surface area contributed by atoms with Crippen molar-refractivity contribution in [3.05, 3.63) is 17.3 Å². The molecule has 0 bridgehead atoms. The molecule has 9 heteroatoms. The van der Waals surface area contributed by atoms with Crippen LogP contribution in [0.4, 0.5) is 5.82 Å². The van der Waals surface area contributed by atoms with Crippen molar-refractivity contribution in [2.24, 2.45) is 0 Å². The third kappa shape index (κ3) is 5.08. The minimum atomic E-state index is -3.70. The van der Waals surface area contributed by atoms with Gasteiger partial charge in [-0.3, -0.25) is 0 Å². The Kier molecular flexibility index (Phi) is 7.33. The van der Waals surface area contributed by atoms with Crippen molar-refractivity contribution in [3.63, 3.8) is 0 Å². The van der Waals surface area contributed by atoms with E-state index in [2.05, 4.69) is 4.98 Å². The lowest BCUT2D eigenvalue weighted by atomic mass is 10.4. The Hall–Kier alpha value is -0.930. The molecule has 0 aliphatic heterocycles. The van der Waals surface area contributed by atoms with Gasteiger partial charge in [-0.1, -0.05) is 11.6 Å². The second-order valence-corrected chi connectivity index (χ2v) is 6.63. The SMILES string of the molecule is COCCCN(CCOC)S(=O)(=O)c1cnc(N)c(Cl)c1. The summed E-state index contributed by atoms with van der Waals surface area (Å²) in [5, 5.41) is 0.111. The molecule has 0 spiro atoms. The molecule has 0 fully saturated rings. The molecule has 0 saturated carbocycles. The fourth-order valence-corrected chi connectivity index (χ4v) is 3.32. The monoisotopic (exact) mass is 337 g/mol. The summed E-state index contributed by atoms with van der Waals surface area (Å²) in [5.74, 6) is 0.0958. The van der Waals surface area contributed by atoms with Gasteiger partial charge in [0.2, 0.25) is 10.0 Å². The van der Waals surface area contributed by atoms with Crippen LogP contribution < -0.4 is 5.73 Å². The predicted octanol–water partition coefficient (Wildman–Crippen LogP) is 0.991. The number of anilines is 1. The molecular weight excluding hydrogens is 318 g/mol. The van der Waals surface area contributed by atoms with Crippen LogP contribution in [0.25, 0.3) is 0 Å². The molecule has 0 aliphatic carbocycles. The maximum Gasteiger partial charge on any atom is 0.244 e. The van der Waals surface area contributed by atoms with E-state index in [1.165, 1.54) is 23.7 Å². The Morgan fingerprint density at radius 2 is 1.95 bits per heavy atom. The first-order chi connectivity index (χ1) is 9.93. The molecule has 0 saturated heterocycles. The molecule has 120 valence electrons. The summed E-state index contributed by atoms with van der Waals surface area (Å²) in [5.41, 5.74) is 5.50. The van der Waals surface area contributed by atoms with Gasteiger partial charge in [0.25, 0.3) is 0 Å². The molecule has 2 N–H and O–H groups in total. The van der Waals surface area contributed by atoms with Gasteiger partial charge in [-0.2, -0.15) is 4.31 Å². The van der Waals surface area contributed by atoms with Crippen LogP contribution in [0, 0.1) is 0 Å². The van der Waals surface area contributed by atoms with Gasteiger partial charge in [0, 0.05) is 40.1 Å². The highest BCUT2D eigenvalue weighted by Crippen LogP contribution is 2.22. The maximum atomic E-state index is 12.6. The minimum Gasteiger partial charge on any atom is -0.385 e. The van der Waals surface area contributed by atoms with Gasteiger partial charge in [0.05, 0.1) is 11.6 Å². The Labute approximate surface area is 130 Å². The van der Waals surface area contributed by atoms with E-state index in [1.54, 1.807) is 7.11 Å². The zero-order valence-corrected chi connectivity index (χ0v) is 13.7. The lowest BCUT2D eigenvalue weighted by Gasteiger charge is -2.21. The fraction of sp³-hybridized carbons (Fsp3) is 0.583. The van der Waals surface area contributed by atoms with E-state index in [-0.39, 0.29) is 22.3 Å². The molecule has 1 rings (SSSR count). The van der Waals surface area contributed by atoms with E-state index < -0.39 is 10.0 Å². The molecular formula is C12H20ClN3O4S. The molecule has 0 aromatic carbocycles. The third-order valence-electron chi connectivity index (χ3n) is 2.78. The van der Waals surface area contributed by atoms with Crippen molar-refractivity contribution < 1.29 is 17.9 Å². The molecule has 0 radical (unpaired) electrons. The van der Waals surface area contributed by atoms with Crippen molar-refractivity contribution >= 4 is 27.4 Å². The third-order valence-corrected chi connectivity index (χ3v) is 4.95. The molecule has 0 amide bonds. The highest BCUT2D eigenvalue weighted by molar-refractivity contribution is 7.89. The van der Waals surface area contributed by atoms with Crippen molar-refractivity contribution in [1.82, 2.24) is 9.29 Å². The van der Waals surface area contributed by atoms with Crippen molar-refractivity contribution in [2.45, 2.75) is 11.3 Å². The Morgan fingerprint density at radius 3 is 2.52 bits per heavy atom. The van der Waals surface area contributed by atoms with E-state index >= 15 is 0 Å². The number of nitrogen functional groups attached to an aromatic ring is 1. The van der Waals surface area contributed by atoms with E-state index in [4.69, 9.17) is 26.8 Å². The van der Waals surface area contributed by atoms with Gasteiger partial charge in [-0.15, -0.1) is 0 Å². The molecule has 0 aliphatic rings. The number of methoxy groups -OCH3 is 2. The average Bonchev–Trinajstić information content (AvgIpc) is 2.45. The highest BCUT2D eigenvalue weighted by atomic mass is 35.5. The lowest BCUT2D eigenvalue weighted by molar-refractivity contribution is 0.164. The molecule has 7 nitrogen and oxygen atoms in total. The van der Waals surface area contributed by atoms with Gasteiger partial charge in [0.1, 0.15) is 10.7 Å². The fourth-order valence-electron chi connectivity index (χ4n) is 1.65. The van der Waals surface area contributed by atoms with E-state index in [1.807, 2.05) is 0 Å². The Morgan fingerprint density at radius 1 is 1.29 bits per heavy atom. The number of sulfonamides is 1. The molecule has 1 aromatic heterocycles. The van der Waals surface area contributed by atoms with E-state index in [0.29, 0.717) is 26.2 Å². The Bertz CT molecular complexity index is 553. The lowest BCUT2D eigenvalue weighted by Crippen LogP contribution is -2.35. The van der Waals surface area contributed by atoms with Gasteiger partial charge >= 0.3 is 0 Å². The summed E-state index contributed by atoms with van der Waals surface area (Å²) < 4.78 is 36.4. The van der Waals surface area contributed by atoms with Crippen molar-refractivity contribution in [1.29, 1.82) is 0 Å². The zero-order valence-electron chi connectivity index (χ0n) is 12.1. The van der Waals surface area contributed by atoms with Crippen LogP contribution in [0.3, 0.4) is 0 Å². The second kappa shape index (κ2) is 8.50.